The molecule has 0 aromatic heterocycles. The fourth-order valence-corrected chi connectivity index (χ4v) is 3.41. The maximum absolute atomic E-state index is 5.55. The largest absolute Gasteiger partial charge is 0.496 e. The lowest BCUT2D eigenvalue weighted by Crippen LogP contribution is -2.46. The molecule has 3 rings (SSSR count). The van der Waals surface area contributed by atoms with E-state index in [1.807, 2.05) is 0 Å². The zero-order valence-electron chi connectivity index (χ0n) is 11.4. The summed E-state index contributed by atoms with van der Waals surface area (Å²) in [4.78, 5) is 0. The highest BCUT2D eigenvalue weighted by Gasteiger charge is 2.41. The second-order valence-electron chi connectivity index (χ2n) is 6.11. The summed E-state index contributed by atoms with van der Waals surface area (Å²) in [5, 5.41) is 3.70. The van der Waals surface area contributed by atoms with Gasteiger partial charge in [0, 0.05) is 11.6 Å². The Labute approximate surface area is 110 Å². The first-order valence-electron chi connectivity index (χ1n) is 7.10. The van der Waals surface area contributed by atoms with Crippen LogP contribution in [0.25, 0.3) is 0 Å². The van der Waals surface area contributed by atoms with Crippen molar-refractivity contribution in [1.82, 2.24) is 5.32 Å². The number of para-hydroxylation sites is 1. The standard InChI is InChI=1S/C16H23NO/c1-16(13-5-3-4-6-15(13)18-2)9-10-17-14(11-16)12-7-8-12/h3-6,12,14,17H,7-11H2,1-2H3. The number of piperidine rings is 1. The molecule has 1 saturated carbocycles. The Hall–Kier alpha value is -1.02. The van der Waals surface area contributed by atoms with Crippen LogP contribution in [0.5, 0.6) is 5.75 Å². The maximum atomic E-state index is 5.55. The van der Waals surface area contributed by atoms with E-state index in [2.05, 4.69) is 36.5 Å². The first kappa shape index (κ1) is 12.0. The van der Waals surface area contributed by atoms with Crippen LogP contribution in [0.3, 0.4) is 0 Å². The van der Waals surface area contributed by atoms with E-state index in [1.165, 1.54) is 31.2 Å². The molecule has 0 amide bonds. The zero-order valence-corrected chi connectivity index (χ0v) is 11.4. The first-order chi connectivity index (χ1) is 8.73. The molecule has 2 fully saturated rings. The van der Waals surface area contributed by atoms with Gasteiger partial charge < -0.3 is 10.1 Å². The van der Waals surface area contributed by atoms with Gasteiger partial charge >= 0.3 is 0 Å². The lowest BCUT2D eigenvalue weighted by Gasteiger charge is -2.40. The van der Waals surface area contributed by atoms with Gasteiger partial charge in [-0.1, -0.05) is 25.1 Å². The minimum atomic E-state index is 0.269. The summed E-state index contributed by atoms with van der Waals surface area (Å²) in [6.07, 6.45) is 5.29. The Kier molecular flexibility index (Phi) is 3.06. The average Bonchev–Trinajstić information content (AvgIpc) is 3.23. The molecular weight excluding hydrogens is 222 g/mol. The van der Waals surface area contributed by atoms with Gasteiger partial charge in [-0.3, -0.25) is 0 Å². The van der Waals surface area contributed by atoms with Gasteiger partial charge in [0.1, 0.15) is 5.75 Å². The van der Waals surface area contributed by atoms with Crippen LogP contribution < -0.4 is 10.1 Å². The van der Waals surface area contributed by atoms with Crippen LogP contribution in [0.1, 0.15) is 38.2 Å². The summed E-state index contributed by atoms with van der Waals surface area (Å²) in [6, 6.07) is 9.25. The monoisotopic (exact) mass is 245 g/mol. The molecule has 2 atom stereocenters. The van der Waals surface area contributed by atoms with Gasteiger partial charge in [-0.05, 0) is 49.6 Å². The third-order valence-corrected chi connectivity index (χ3v) is 4.70. The number of hydrogen-bond acceptors (Lipinski definition) is 2. The third kappa shape index (κ3) is 2.14. The summed E-state index contributed by atoms with van der Waals surface area (Å²) in [7, 11) is 1.78. The SMILES string of the molecule is COc1ccccc1C1(C)CCNC(C2CC2)C1. The normalized spacial score (nSPS) is 32.2. The van der Waals surface area contributed by atoms with Gasteiger partial charge in [-0.15, -0.1) is 0 Å². The van der Waals surface area contributed by atoms with Crippen molar-refractivity contribution in [2.45, 2.75) is 44.1 Å². The van der Waals surface area contributed by atoms with Crippen LogP contribution in [-0.2, 0) is 5.41 Å². The van der Waals surface area contributed by atoms with Crippen LogP contribution in [0.4, 0.5) is 0 Å². The quantitative estimate of drug-likeness (QED) is 0.883. The van der Waals surface area contributed by atoms with Gasteiger partial charge in [-0.2, -0.15) is 0 Å². The number of ether oxygens (including phenoxy) is 1. The molecular formula is C16H23NO. The average molecular weight is 245 g/mol. The molecule has 1 aromatic rings. The molecule has 2 aliphatic rings. The van der Waals surface area contributed by atoms with E-state index in [0.717, 1.165) is 18.2 Å². The van der Waals surface area contributed by atoms with Crippen molar-refractivity contribution in [1.29, 1.82) is 0 Å². The Morgan fingerprint density at radius 1 is 1.28 bits per heavy atom. The highest BCUT2D eigenvalue weighted by molar-refractivity contribution is 5.40. The Bertz CT molecular complexity index is 427. The van der Waals surface area contributed by atoms with E-state index < -0.39 is 0 Å². The van der Waals surface area contributed by atoms with E-state index in [1.54, 1.807) is 7.11 Å². The number of benzene rings is 1. The highest BCUT2D eigenvalue weighted by Crippen LogP contribution is 2.44. The van der Waals surface area contributed by atoms with E-state index in [-0.39, 0.29) is 5.41 Å². The Morgan fingerprint density at radius 3 is 2.78 bits per heavy atom. The number of nitrogens with one attached hydrogen (secondary N) is 1. The van der Waals surface area contributed by atoms with Crippen LogP contribution in [-0.4, -0.2) is 19.7 Å². The smallest absolute Gasteiger partial charge is 0.122 e. The summed E-state index contributed by atoms with van der Waals surface area (Å²) in [5.74, 6) is 1.98. The van der Waals surface area contributed by atoms with Crippen molar-refractivity contribution < 1.29 is 4.74 Å². The molecule has 2 heteroatoms. The van der Waals surface area contributed by atoms with Crippen LogP contribution >= 0.6 is 0 Å². The molecule has 0 radical (unpaired) electrons. The molecule has 1 heterocycles. The van der Waals surface area contributed by atoms with Crippen molar-refractivity contribution in [2.24, 2.45) is 5.92 Å². The molecule has 0 spiro atoms. The minimum Gasteiger partial charge on any atom is -0.496 e. The first-order valence-corrected chi connectivity index (χ1v) is 7.10. The summed E-state index contributed by atoms with van der Waals surface area (Å²) in [5.41, 5.74) is 1.66. The predicted octanol–water partition coefficient (Wildman–Crippen LogP) is 3.11. The highest BCUT2D eigenvalue weighted by atomic mass is 16.5. The predicted molar refractivity (Wildman–Crippen MR) is 74.1 cm³/mol. The second-order valence-corrected chi connectivity index (χ2v) is 6.11. The van der Waals surface area contributed by atoms with E-state index in [0.29, 0.717) is 6.04 Å². The molecule has 1 aromatic carbocycles. The third-order valence-electron chi connectivity index (χ3n) is 4.70. The Balaban J connectivity index is 1.87. The fourth-order valence-electron chi connectivity index (χ4n) is 3.41. The summed E-state index contributed by atoms with van der Waals surface area (Å²) < 4.78 is 5.55. The lowest BCUT2D eigenvalue weighted by molar-refractivity contribution is 0.246. The molecule has 18 heavy (non-hydrogen) atoms. The molecule has 1 saturated heterocycles. The van der Waals surface area contributed by atoms with Crippen LogP contribution in [0, 0.1) is 5.92 Å². The molecule has 98 valence electrons. The summed E-state index contributed by atoms with van der Waals surface area (Å²) in [6.45, 7) is 3.54. The Morgan fingerprint density at radius 2 is 2.06 bits per heavy atom. The molecule has 2 unspecified atom stereocenters. The van der Waals surface area contributed by atoms with Crippen molar-refractivity contribution in [3.63, 3.8) is 0 Å². The number of hydrogen-bond donors (Lipinski definition) is 1. The maximum Gasteiger partial charge on any atom is 0.122 e. The van der Waals surface area contributed by atoms with Crippen molar-refractivity contribution in [2.75, 3.05) is 13.7 Å². The molecule has 1 aliphatic heterocycles. The van der Waals surface area contributed by atoms with Gasteiger partial charge in [0.2, 0.25) is 0 Å². The van der Waals surface area contributed by atoms with Crippen LogP contribution in [0.2, 0.25) is 0 Å². The van der Waals surface area contributed by atoms with Crippen LogP contribution in [0.15, 0.2) is 24.3 Å². The van der Waals surface area contributed by atoms with Gasteiger partial charge in [-0.25, -0.2) is 0 Å². The second kappa shape index (κ2) is 4.58. The van der Waals surface area contributed by atoms with Gasteiger partial charge in [0.25, 0.3) is 0 Å². The minimum absolute atomic E-state index is 0.269. The molecule has 0 bridgehead atoms. The van der Waals surface area contributed by atoms with Crippen molar-refractivity contribution in [3.8, 4) is 5.75 Å². The number of rotatable bonds is 3. The molecule has 2 nitrogen and oxygen atoms in total. The fraction of sp³-hybridized carbons (Fsp3) is 0.625. The molecule has 1 N–H and O–H groups in total. The molecule has 1 aliphatic carbocycles. The zero-order chi connectivity index (χ0) is 12.6. The van der Waals surface area contributed by atoms with E-state index >= 15 is 0 Å². The van der Waals surface area contributed by atoms with E-state index in [4.69, 9.17) is 4.74 Å². The number of methoxy groups -OCH3 is 1. The van der Waals surface area contributed by atoms with Gasteiger partial charge in [0.15, 0.2) is 0 Å². The summed E-state index contributed by atoms with van der Waals surface area (Å²) >= 11 is 0. The topological polar surface area (TPSA) is 21.3 Å². The van der Waals surface area contributed by atoms with E-state index in [9.17, 15) is 0 Å². The van der Waals surface area contributed by atoms with Gasteiger partial charge in [0.05, 0.1) is 7.11 Å². The van der Waals surface area contributed by atoms with Crippen molar-refractivity contribution >= 4 is 0 Å². The lowest BCUT2D eigenvalue weighted by atomic mass is 9.71. The van der Waals surface area contributed by atoms with Crippen molar-refractivity contribution in [3.05, 3.63) is 29.8 Å².